The third-order valence-corrected chi connectivity index (χ3v) is 3.35. The predicted molar refractivity (Wildman–Crippen MR) is 74.6 cm³/mol. The van der Waals surface area contributed by atoms with Gasteiger partial charge in [0.1, 0.15) is 5.82 Å². The zero-order valence-corrected chi connectivity index (χ0v) is 11.4. The fraction of sp³-hybridized carbons (Fsp3) is 0.357. The van der Waals surface area contributed by atoms with Crippen molar-refractivity contribution in [1.29, 1.82) is 0 Å². The highest BCUT2D eigenvalue weighted by Crippen LogP contribution is 2.19. The summed E-state index contributed by atoms with van der Waals surface area (Å²) in [5.74, 6) is -0.360. The van der Waals surface area contributed by atoms with Gasteiger partial charge in [-0.2, -0.15) is 0 Å². The Morgan fingerprint density at radius 1 is 1.32 bits per heavy atom. The van der Waals surface area contributed by atoms with Crippen molar-refractivity contribution in [3.63, 3.8) is 0 Å². The maximum Gasteiger partial charge on any atom is 0.142 e. The van der Waals surface area contributed by atoms with Gasteiger partial charge in [-0.25, -0.2) is 9.37 Å². The minimum absolute atomic E-state index is 0.216. The number of imidazole rings is 1. The molecule has 0 atom stereocenters. The molecule has 1 aromatic heterocycles. The highest BCUT2D eigenvalue weighted by atomic mass is 35.5. The van der Waals surface area contributed by atoms with Crippen molar-refractivity contribution in [2.24, 2.45) is 0 Å². The van der Waals surface area contributed by atoms with Crippen molar-refractivity contribution < 1.29 is 4.39 Å². The van der Waals surface area contributed by atoms with Gasteiger partial charge in [-0.1, -0.05) is 23.7 Å². The average Bonchev–Trinajstić information content (AvgIpc) is 2.91. The number of aromatic nitrogens is 2. The number of nitrogens with one attached hydrogen (secondary N) is 1. The topological polar surface area (TPSA) is 29.9 Å². The Hall–Kier alpha value is -1.39. The summed E-state index contributed by atoms with van der Waals surface area (Å²) < 4.78 is 15.3. The molecule has 3 nitrogen and oxygen atoms in total. The van der Waals surface area contributed by atoms with Crippen LogP contribution >= 0.6 is 11.6 Å². The summed E-state index contributed by atoms with van der Waals surface area (Å²) in [5.41, 5.74) is 0.802. The lowest BCUT2D eigenvalue weighted by Crippen LogP contribution is -2.15. The van der Waals surface area contributed by atoms with Crippen LogP contribution in [0.3, 0.4) is 0 Å². The number of nitrogens with zero attached hydrogens (tertiary/aromatic N) is 2. The van der Waals surface area contributed by atoms with Crippen LogP contribution in [0.5, 0.6) is 0 Å². The second-order valence-electron chi connectivity index (χ2n) is 4.40. The molecule has 5 heteroatoms. The van der Waals surface area contributed by atoms with Crippen molar-refractivity contribution in [2.75, 3.05) is 6.54 Å². The lowest BCUT2D eigenvalue weighted by atomic mass is 10.2. The summed E-state index contributed by atoms with van der Waals surface area (Å²) in [7, 11) is 0. The van der Waals surface area contributed by atoms with Gasteiger partial charge in [-0.05, 0) is 31.0 Å². The van der Waals surface area contributed by atoms with E-state index >= 15 is 0 Å². The van der Waals surface area contributed by atoms with Crippen LogP contribution < -0.4 is 5.32 Å². The molecule has 0 bridgehead atoms. The van der Waals surface area contributed by atoms with Crippen LogP contribution in [0, 0.1) is 5.82 Å². The molecule has 0 aliphatic heterocycles. The SMILES string of the molecule is Fc1cccc(CNCCCCn2ccnc2)c1Cl. The molecule has 0 spiro atoms. The molecule has 0 aliphatic rings. The van der Waals surface area contributed by atoms with Crippen LogP contribution in [0.25, 0.3) is 0 Å². The van der Waals surface area contributed by atoms with E-state index in [1.54, 1.807) is 12.3 Å². The lowest BCUT2D eigenvalue weighted by molar-refractivity contribution is 0.566. The Labute approximate surface area is 117 Å². The summed E-state index contributed by atoms with van der Waals surface area (Å²) >= 11 is 5.88. The molecule has 0 aliphatic carbocycles. The van der Waals surface area contributed by atoms with Crippen LogP contribution in [0.4, 0.5) is 4.39 Å². The number of unbranched alkanes of at least 4 members (excludes halogenated alkanes) is 1. The Bertz CT molecular complexity index is 499. The second-order valence-corrected chi connectivity index (χ2v) is 4.78. The first-order valence-electron chi connectivity index (χ1n) is 6.36. The van der Waals surface area contributed by atoms with Crippen LogP contribution in [-0.4, -0.2) is 16.1 Å². The van der Waals surface area contributed by atoms with E-state index in [0.29, 0.717) is 6.54 Å². The Morgan fingerprint density at radius 3 is 3.00 bits per heavy atom. The van der Waals surface area contributed by atoms with Gasteiger partial charge >= 0.3 is 0 Å². The zero-order chi connectivity index (χ0) is 13.5. The molecule has 19 heavy (non-hydrogen) atoms. The number of halogens is 2. The molecule has 2 aromatic rings. The summed E-state index contributed by atoms with van der Waals surface area (Å²) in [6.45, 7) is 2.46. The Kier molecular flexibility index (Phi) is 5.36. The van der Waals surface area contributed by atoms with Crippen molar-refractivity contribution in [2.45, 2.75) is 25.9 Å². The molecular formula is C14H17ClFN3. The van der Waals surface area contributed by atoms with E-state index in [1.807, 2.05) is 18.6 Å². The van der Waals surface area contributed by atoms with Gasteiger partial charge < -0.3 is 9.88 Å². The minimum Gasteiger partial charge on any atom is -0.337 e. The second kappa shape index (κ2) is 7.26. The number of benzene rings is 1. The zero-order valence-electron chi connectivity index (χ0n) is 10.6. The monoisotopic (exact) mass is 281 g/mol. The number of rotatable bonds is 7. The van der Waals surface area contributed by atoms with Crippen LogP contribution in [0.15, 0.2) is 36.9 Å². The van der Waals surface area contributed by atoms with Crippen LogP contribution in [0.2, 0.25) is 5.02 Å². The van der Waals surface area contributed by atoms with Crippen LogP contribution in [0.1, 0.15) is 18.4 Å². The largest absolute Gasteiger partial charge is 0.337 e. The standard InChI is InChI=1S/C14H17ClFN3/c15-14-12(4-3-5-13(14)16)10-17-6-1-2-8-19-9-7-18-11-19/h3-5,7,9,11,17H,1-2,6,8,10H2. The smallest absolute Gasteiger partial charge is 0.142 e. The Balaban J connectivity index is 1.63. The molecule has 0 amide bonds. The van der Waals surface area contributed by atoms with Gasteiger partial charge in [0.25, 0.3) is 0 Å². The van der Waals surface area contributed by atoms with Gasteiger partial charge in [0.2, 0.25) is 0 Å². The maximum atomic E-state index is 13.2. The molecule has 0 radical (unpaired) electrons. The highest BCUT2D eigenvalue weighted by Gasteiger charge is 2.04. The van der Waals surface area contributed by atoms with E-state index in [1.165, 1.54) is 6.07 Å². The normalized spacial score (nSPS) is 10.8. The van der Waals surface area contributed by atoms with E-state index in [4.69, 9.17) is 11.6 Å². The predicted octanol–water partition coefficient (Wildman–Crippen LogP) is 3.25. The van der Waals surface area contributed by atoms with Gasteiger partial charge in [0, 0.05) is 25.5 Å². The molecule has 102 valence electrons. The summed E-state index contributed by atoms with van der Waals surface area (Å²) in [5, 5.41) is 3.49. The van der Waals surface area contributed by atoms with E-state index in [2.05, 4.69) is 14.9 Å². The minimum atomic E-state index is -0.360. The highest BCUT2D eigenvalue weighted by molar-refractivity contribution is 6.31. The first-order valence-corrected chi connectivity index (χ1v) is 6.74. The van der Waals surface area contributed by atoms with E-state index < -0.39 is 0 Å². The van der Waals surface area contributed by atoms with Gasteiger partial charge in [0.15, 0.2) is 0 Å². The van der Waals surface area contributed by atoms with Crippen molar-refractivity contribution in [1.82, 2.24) is 14.9 Å². The van der Waals surface area contributed by atoms with Crippen LogP contribution in [-0.2, 0) is 13.1 Å². The molecule has 0 unspecified atom stereocenters. The van der Waals surface area contributed by atoms with Crippen molar-refractivity contribution in [3.05, 3.63) is 53.3 Å². The number of hydrogen-bond acceptors (Lipinski definition) is 2. The molecule has 0 saturated heterocycles. The van der Waals surface area contributed by atoms with E-state index in [-0.39, 0.29) is 10.8 Å². The van der Waals surface area contributed by atoms with Crippen molar-refractivity contribution >= 4 is 11.6 Å². The molecular weight excluding hydrogens is 265 g/mol. The summed E-state index contributed by atoms with van der Waals surface area (Å²) in [6, 6.07) is 4.89. The van der Waals surface area contributed by atoms with E-state index in [0.717, 1.165) is 31.5 Å². The molecule has 1 N–H and O–H groups in total. The molecule has 1 aromatic carbocycles. The van der Waals surface area contributed by atoms with Crippen molar-refractivity contribution in [3.8, 4) is 0 Å². The quantitative estimate of drug-likeness (QED) is 0.790. The summed E-state index contributed by atoms with van der Waals surface area (Å²) in [6.07, 6.45) is 7.70. The molecule has 0 fully saturated rings. The van der Waals surface area contributed by atoms with Gasteiger partial charge in [0.05, 0.1) is 11.3 Å². The Morgan fingerprint density at radius 2 is 2.21 bits per heavy atom. The lowest BCUT2D eigenvalue weighted by Gasteiger charge is -2.07. The first kappa shape index (κ1) is 14.0. The third-order valence-electron chi connectivity index (χ3n) is 2.93. The maximum absolute atomic E-state index is 13.2. The average molecular weight is 282 g/mol. The molecule has 2 rings (SSSR count). The molecule has 0 saturated carbocycles. The van der Waals surface area contributed by atoms with Gasteiger partial charge in [-0.3, -0.25) is 0 Å². The summed E-state index contributed by atoms with van der Waals surface area (Å²) in [4.78, 5) is 3.99. The number of hydrogen-bond donors (Lipinski definition) is 1. The number of aryl methyl sites for hydroxylation is 1. The first-order chi connectivity index (χ1) is 9.27. The fourth-order valence-corrected chi connectivity index (χ4v) is 2.06. The molecule has 1 heterocycles. The van der Waals surface area contributed by atoms with Gasteiger partial charge in [-0.15, -0.1) is 0 Å². The third kappa shape index (κ3) is 4.33. The van der Waals surface area contributed by atoms with E-state index in [9.17, 15) is 4.39 Å². The fourth-order valence-electron chi connectivity index (χ4n) is 1.87.